The van der Waals surface area contributed by atoms with Gasteiger partial charge in [0.05, 0.1) is 0 Å². The molecule has 2 aromatic rings. The third-order valence-electron chi connectivity index (χ3n) is 3.29. The number of hydrogen-bond donors (Lipinski definition) is 1. The van der Waals surface area contributed by atoms with E-state index in [1.54, 1.807) is 0 Å². The topological polar surface area (TPSA) is 29.1 Å². The fraction of sp³-hybridized carbons (Fsp3) is 0.278. The van der Waals surface area contributed by atoms with Gasteiger partial charge in [0.2, 0.25) is 5.91 Å². The molecule has 1 N–H and O–H groups in total. The van der Waals surface area contributed by atoms with Crippen LogP contribution in [0.15, 0.2) is 42.5 Å². The molecule has 0 saturated carbocycles. The maximum atomic E-state index is 11.9. The van der Waals surface area contributed by atoms with Gasteiger partial charge in [-0.25, -0.2) is 0 Å². The van der Waals surface area contributed by atoms with Crippen LogP contribution in [-0.4, -0.2) is 5.91 Å². The molecule has 2 heteroatoms. The fourth-order valence-corrected chi connectivity index (χ4v) is 2.10. The molecule has 0 spiro atoms. The van der Waals surface area contributed by atoms with Crippen LogP contribution in [0.1, 0.15) is 25.0 Å². The molecule has 0 aliphatic rings. The lowest BCUT2D eigenvalue weighted by Crippen LogP contribution is -2.18. The largest absolute Gasteiger partial charge is 0.325 e. The van der Waals surface area contributed by atoms with E-state index in [1.807, 2.05) is 32.0 Å². The number of nitrogens with one attached hydrogen (secondary N) is 1. The van der Waals surface area contributed by atoms with Gasteiger partial charge in [-0.1, -0.05) is 55.3 Å². The molecule has 2 rings (SSSR count). The summed E-state index contributed by atoms with van der Waals surface area (Å²) in [6.07, 6.45) is 0. The Kier molecular flexibility index (Phi) is 4.23. The molecule has 0 unspecified atom stereocenters. The average Bonchev–Trinajstić information content (AvgIpc) is 2.40. The van der Waals surface area contributed by atoms with Crippen molar-refractivity contribution in [2.24, 2.45) is 5.92 Å². The zero-order chi connectivity index (χ0) is 14.7. The summed E-state index contributed by atoms with van der Waals surface area (Å²) in [7, 11) is 0. The second-order valence-corrected chi connectivity index (χ2v) is 5.56. The molecular weight excluding hydrogens is 246 g/mol. The molecule has 0 saturated heterocycles. The van der Waals surface area contributed by atoms with Crippen molar-refractivity contribution in [1.82, 2.24) is 0 Å². The van der Waals surface area contributed by atoms with Gasteiger partial charge in [0.15, 0.2) is 0 Å². The highest BCUT2D eigenvalue weighted by molar-refractivity contribution is 5.96. The summed E-state index contributed by atoms with van der Waals surface area (Å²) in [5.41, 5.74) is 5.48. The van der Waals surface area contributed by atoms with E-state index < -0.39 is 0 Å². The number of carbonyl (C=O) groups excluding carboxylic acids is 1. The van der Waals surface area contributed by atoms with Crippen molar-refractivity contribution < 1.29 is 4.79 Å². The molecule has 0 atom stereocenters. The van der Waals surface area contributed by atoms with Crippen LogP contribution in [0.4, 0.5) is 5.69 Å². The van der Waals surface area contributed by atoms with E-state index in [2.05, 4.69) is 43.4 Å². The summed E-state index contributed by atoms with van der Waals surface area (Å²) in [5, 5.41) is 3.02. The second kappa shape index (κ2) is 5.91. The van der Waals surface area contributed by atoms with E-state index in [0.29, 0.717) is 0 Å². The quantitative estimate of drug-likeness (QED) is 0.867. The normalized spacial score (nSPS) is 10.7. The maximum absolute atomic E-state index is 11.9. The molecule has 0 aromatic heterocycles. The van der Waals surface area contributed by atoms with Gasteiger partial charge >= 0.3 is 0 Å². The first kappa shape index (κ1) is 14.3. The van der Waals surface area contributed by atoms with Crippen LogP contribution in [0.25, 0.3) is 11.1 Å². The van der Waals surface area contributed by atoms with Crippen LogP contribution in [0.3, 0.4) is 0 Å². The summed E-state index contributed by atoms with van der Waals surface area (Å²) in [6, 6.07) is 14.5. The van der Waals surface area contributed by atoms with E-state index in [0.717, 1.165) is 16.8 Å². The zero-order valence-corrected chi connectivity index (χ0v) is 12.5. The predicted molar refractivity (Wildman–Crippen MR) is 84.8 cm³/mol. The SMILES string of the molecule is Cc1cccc(-c2cc(C)ccc2NC(=O)C(C)C)c1. The van der Waals surface area contributed by atoms with Gasteiger partial charge in [0.1, 0.15) is 0 Å². The van der Waals surface area contributed by atoms with Crippen LogP contribution >= 0.6 is 0 Å². The minimum absolute atomic E-state index is 0.0262. The van der Waals surface area contributed by atoms with E-state index in [9.17, 15) is 4.79 Å². The van der Waals surface area contributed by atoms with Gasteiger partial charge in [-0.3, -0.25) is 4.79 Å². The van der Waals surface area contributed by atoms with E-state index in [4.69, 9.17) is 0 Å². The Morgan fingerprint density at radius 2 is 1.70 bits per heavy atom. The predicted octanol–water partition coefficient (Wildman–Crippen LogP) is 4.56. The summed E-state index contributed by atoms with van der Waals surface area (Å²) in [6.45, 7) is 7.94. The molecule has 20 heavy (non-hydrogen) atoms. The molecule has 0 bridgehead atoms. The first-order chi connectivity index (χ1) is 9.47. The molecule has 2 aromatic carbocycles. The number of anilines is 1. The van der Waals surface area contributed by atoms with E-state index in [-0.39, 0.29) is 11.8 Å². The van der Waals surface area contributed by atoms with Crippen LogP contribution in [0, 0.1) is 19.8 Å². The third-order valence-corrected chi connectivity index (χ3v) is 3.29. The van der Waals surface area contributed by atoms with E-state index in [1.165, 1.54) is 11.1 Å². The van der Waals surface area contributed by atoms with Gasteiger partial charge < -0.3 is 5.32 Å². The molecule has 0 fully saturated rings. The van der Waals surface area contributed by atoms with Crippen molar-refractivity contribution >= 4 is 11.6 Å². The Balaban J connectivity index is 2.46. The monoisotopic (exact) mass is 267 g/mol. The van der Waals surface area contributed by atoms with Gasteiger partial charge in [-0.05, 0) is 31.5 Å². The lowest BCUT2D eigenvalue weighted by Gasteiger charge is -2.14. The zero-order valence-electron chi connectivity index (χ0n) is 12.5. The fourth-order valence-electron chi connectivity index (χ4n) is 2.10. The minimum atomic E-state index is -0.0262. The molecule has 0 aliphatic heterocycles. The molecule has 0 aliphatic carbocycles. The van der Waals surface area contributed by atoms with Crippen molar-refractivity contribution in [1.29, 1.82) is 0 Å². The van der Waals surface area contributed by atoms with Crippen molar-refractivity contribution in [3.63, 3.8) is 0 Å². The first-order valence-electron chi connectivity index (χ1n) is 6.96. The molecular formula is C18H21NO. The van der Waals surface area contributed by atoms with Crippen molar-refractivity contribution in [3.05, 3.63) is 53.6 Å². The van der Waals surface area contributed by atoms with Crippen molar-refractivity contribution in [3.8, 4) is 11.1 Å². The molecule has 2 nitrogen and oxygen atoms in total. The number of amides is 1. The molecule has 1 amide bonds. The highest BCUT2D eigenvalue weighted by Gasteiger charge is 2.11. The smallest absolute Gasteiger partial charge is 0.226 e. The van der Waals surface area contributed by atoms with Gasteiger partial charge in [-0.15, -0.1) is 0 Å². The van der Waals surface area contributed by atoms with Crippen LogP contribution in [0.5, 0.6) is 0 Å². The lowest BCUT2D eigenvalue weighted by molar-refractivity contribution is -0.118. The number of rotatable bonds is 3. The Hall–Kier alpha value is -2.09. The van der Waals surface area contributed by atoms with E-state index >= 15 is 0 Å². The first-order valence-corrected chi connectivity index (χ1v) is 6.96. The third kappa shape index (κ3) is 3.27. The Bertz CT molecular complexity index is 629. The second-order valence-electron chi connectivity index (χ2n) is 5.56. The number of benzene rings is 2. The summed E-state index contributed by atoms with van der Waals surface area (Å²) < 4.78 is 0. The minimum Gasteiger partial charge on any atom is -0.325 e. The Morgan fingerprint density at radius 3 is 2.35 bits per heavy atom. The van der Waals surface area contributed by atoms with Gasteiger partial charge in [0.25, 0.3) is 0 Å². The van der Waals surface area contributed by atoms with Crippen LogP contribution in [-0.2, 0) is 4.79 Å². The maximum Gasteiger partial charge on any atom is 0.226 e. The highest BCUT2D eigenvalue weighted by atomic mass is 16.1. The number of aryl methyl sites for hydroxylation is 2. The lowest BCUT2D eigenvalue weighted by atomic mass is 9.99. The summed E-state index contributed by atoms with van der Waals surface area (Å²) >= 11 is 0. The molecule has 0 radical (unpaired) electrons. The standard InChI is InChI=1S/C18H21NO/c1-12(2)18(20)19-17-9-8-14(4)11-16(17)15-7-5-6-13(3)10-15/h5-12H,1-4H3,(H,19,20). The van der Waals surface area contributed by atoms with Crippen molar-refractivity contribution in [2.45, 2.75) is 27.7 Å². The highest BCUT2D eigenvalue weighted by Crippen LogP contribution is 2.30. The number of hydrogen-bond acceptors (Lipinski definition) is 1. The average molecular weight is 267 g/mol. The summed E-state index contributed by atoms with van der Waals surface area (Å²) in [5.74, 6) is 0.0180. The Morgan fingerprint density at radius 1 is 1.00 bits per heavy atom. The van der Waals surface area contributed by atoms with Crippen LogP contribution in [0.2, 0.25) is 0 Å². The van der Waals surface area contributed by atoms with Crippen molar-refractivity contribution in [2.75, 3.05) is 5.32 Å². The molecule has 104 valence electrons. The van der Waals surface area contributed by atoms with Gasteiger partial charge in [-0.2, -0.15) is 0 Å². The Labute approximate surface area is 120 Å². The number of carbonyl (C=O) groups is 1. The van der Waals surface area contributed by atoms with Gasteiger partial charge in [0, 0.05) is 17.2 Å². The van der Waals surface area contributed by atoms with Crippen LogP contribution < -0.4 is 5.32 Å². The summed E-state index contributed by atoms with van der Waals surface area (Å²) in [4.78, 5) is 11.9. The molecule has 0 heterocycles.